The lowest BCUT2D eigenvalue weighted by molar-refractivity contribution is 0.0600. The molecule has 0 bridgehead atoms. The predicted molar refractivity (Wildman–Crippen MR) is 91.5 cm³/mol. The quantitative estimate of drug-likeness (QED) is 0.673. The van der Waals surface area contributed by atoms with E-state index in [-0.39, 0.29) is 5.97 Å². The van der Waals surface area contributed by atoms with Crippen LogP contribution in [-0.4, -0.2) is 17.6 Å². The van der Waals surface area contributed by atoms with Crippen molar-refractivity contribution >= 4 is 5.97 Å². The van der Waals surface area contributed by atoms with E-state index in [0.717, 1.165) is 23.4 Å². The second-order valence-corrected chi connectivity index (χ2v) is 5.47. The molecule has 0 unspecified atom stereocenters. The van der Waals surface area contributed by atoms with Crippen molar-refractivity contribution in [2.45, 2.75) is 13.5 Å². The summed E-state index contributed by atoms with van der Waals surface area (Å²) < 4.78 is 7.09. The highest BCUT2D eigenvalue weighted by Crippen LogP contribution is 2.29. The van der Waals surface area contributed by atoms with Crippen LogP contribution in [0.25, 0.3) is 11.1 Å². The van der Waals surface area contributed by atoms with Crippen LogP contribution in [0.2, 0.25) is 0 Å². The van der Waals surface area contributed by atoms with E-state index in [1.807, 2.05) is 61.7 Å². The van der Waals surface area contributed by atoms with Gasteiger partial charge >= 0.3 is 5.97 Å². The Hall–Kier alpha value is -2.81. The van der Waals surface area contributed by atoms with Crippen LogP contribution in [0.3, 0.4) is 0 Å². The molecule has 3 heteroatoms. The second kappa shape index (κ2) is 6.53. The summed E-state index contributed by atoms with van der Waals surface area (Å²) in [6.45, 7) is 2.69. The van der Waals surface area contributed by atoms with Crippen LogP contribution in [0.4, 0.5) is 0 Å². The lowest BCUT2D eigenvalue weighted by Crippen LogP contribution is -2.06. The van der Waals surface area contributed by atoms with Gasteiger partial charge in [-0.25, -0.2) is 4.79 Å². The Morgan fingerprint density at radius 1 is 1.00 bits per heavy atom. The van der Waals surface area contributed by atoms with Crippen LogP contribution in [0.15, 0.2) is 66.9 Å². The first-order valence-electron chi connectivity index (χ1n) is 7.58. The average Bonchev–Trinajstić information content (AvgIpc) is 2.92. The highest BCUT2D eigenvalue weighted by Gasteiger charge is 2.21. The van der Waals surface area contributed by atoms with Gasteiger partial charge in [-0.2, -0.15) is 0 Å². The highest BCUT2D eigenvalue weighted by molar-refractivity contribution is 5.98. The van der Waals surface area contributed by atoms with E-state index in [4.69, 9.17) is 4.74 Å². The van der Waals surface area contributed by atoms with Crippen LogP contribution in [-0.2, 0) is 11.3 Å². The molecule has 0 atom stereocenters. The molecular formula is C20H19NO2. The lowest BCUT2D eigenvalue weighted by atomic mass is 10.0. The van der Waals surface area contributed by atoms with Crippen molar-refractivity contribution in [1.29, 1.82) is 0 Å². The van der Waals surface area contributed by atoms with Gasteiger partial charge in [0.1, 0.15) is 0 Å². The van der Waals surface area contributed by atoms with Gasteiger partial charge in [-0.3, -0.25) is 0 Å². The van der Waals surface area contributed by atoms with E-state index in [9.17, 15) is 4.79 Å². The first kappa shape index (κ1) is 15.1. The number of nitrogens with zero attached hydrogens (tertiary/aromatic N) is 1. The molecule has 3 aromatic rings. The summed E-state index contributed by atoms with van der Waals surface area (Å²) >= 11 is 0. The van der Waals surface area contributed by atoms with E-state index < -0.39 is 0 Å². The molecule has 0 amide bonds. The van der Waals surface area contributed by atoms with E-state index in [1.165, 1.54) is 12.7 Å². The number of hydrogen-bond donors (Lipinski definition) is 0. The molecule has 0 aliphatic heterocycles. The summed E-state index contributed by atoms with van der Waals surface area (Å²) in [6.07, 6.45) is 2.03. The van der Waals surface area contributed by atoms with Gasteiger partial charge in [0.25, 0.3) is 0 Å². The molecule has 0 saturated carbocycles. The van der Waals surface area contributed by atoms with Crippen molar-refractivity contribution in [3.8, 4) is 11.1 Å². The SMILES string of the molecule is COC(=O)c1c(-c2ccccc2)cn(Cc2ccccc2)c1C. The van der Waals surface area contributed by atoms with E-state index in [1.54, 1.807) is 0 Å². The van der Waals surface area contributed by atoms with Crippen molar-refractivity contribution in [2.75, 3.05) is 7.11 Å². The number of rotatable bonds is 4. The molecule has 3 nitrogen and oxygen atoms in total. The number of carbonyl (C=O) groups excluding carboxylic acids is 1. The van der Waals surface area contributed by atoms with Crippen molar-refractivity contribution in [2.24, 2.45) is 0 Å². The van der Waals surface area contributed by atoms with Gasteiger partial charge in [-0.05, 0) is 18.1 Å². The van der Waals surface area contributed by atoms with Gasteiger partial charge < -0.3 is 9.30 Å². The summed E-state index contributed by atoms with van der Waals surface area (Å²) in [5.74, 6) is -0.298. The zero-order valence-electron chi connectivity index (χ0n) is 13.3. The van der Waals surface area contributed by atoms with Gasteiger partial charge in [0.2, 0.25) is 0 Å². The Bertz CT molecular complexity index is 804. The molecular weight excluding hydrogens is 286 g/mol. The number of carbonyl (C=O) groups is 1. The Morgan fingerprint density at radius 2 is 1.61 bits per heavy atom. The van der Waals surface area contributed by atoms with Gasteiger partial charge in [0.15, 0.2) is 0 Å². The fraction of sp³-hybridized carbons (Fsp3) is 0.150. The molecule has 2 aromatic carbocycles. The Kier molecular flexibility index (Phi) is 4.29. The van der Waals surface area contributed by atoms with Crippen molar-refractivity contribution in [3.63, 3.8) is 0 Å². The molecule has 0 aliphatic rings. The fourth-order valence-electron chi connectivity index (χ4n) is 2.80. The Labute approximate surface area is 136 Å². The normalized spacial score (nSPS) is 10.5. The molecule has 1 aromatic heterocycles. The minimum absolute atomic E-state index is 0.298. The number of esters is 1. The third-order valence-electron chi connectivity index (χ3n) is 4.02. The van der Waals surface area contributed by atoms with Gasteiger partial charge in [-0.1, -0.05) is 60.7 Å². The average molecular weight is 305 g/mol. The maximum atomic E-state index is 12.3. The molecule has 0 spiro atoms. The first-order valence-corrected chi connectivity index (χ1v) is 7.58. The van der Waals surface area contributed by atoms with Crippen molar-refractivity contribution < 1.29 is 9.53 Å². The summed E-state index contributed by atoms with van der Waals surface area (Å²) in [5, 5.41) is 0. The second-order valence-electron chi connectivity index (χ2n) is 5.47. The molecule has 0 saturated heterocycles. The maximum absolute atomic E-state index is 12.3. The first-order chi connectivity index (χ1) is 11.2. The van der Waals surface area contributed by atoms with Gasteiger partial charge in [-0.15, -0.1) is 0 Å². The standard InChI is InChI=1S/C20H19NO2/c1-15-19(20(22)23-2)18(17-11-7-4-8-12-17)14-21(15)13-16-9-5-3-6-10-16/h3-12,14H,13H2,1-2H3. The summed E-state index contributed by atoms with van der Waals surface area (Å²) in [6, 6.07) is 20.1. The molecule has 0 aliphatic carbocycles. The molecule has 3 rings (SSSR count). The maximum Gasteiger partial charge on any atom is 0.340 e. The minimum atomic E-state index is -0.298. The molecule has 0 fully saturated rings. The predicted octanol–water partition coefficient (Wildman–Crippen LogP) is 4.30. The molecule has 116 valence electrons. The van der Waals surface area contributed by atoms with Crippen LogP contribution in [0, 0.1) is 6.92 Å². The lowest BCUT2D eigenvalue weighted by Gasteiger charge is -2.07. The summed E-state index contributed by atoms with van der Waals surface area (Å²) in [5.41, 5.74) is 4.67. The molecule has 1 heterocycles. The van der Waals surface area contributed by atoms with E-state index in [0.29, 0.717) is 5.56 Å². The number of hydrogen-bond acceptors (Lipinski definition) is 2. The van der Waals surface area contributed by atoms with Crippen molar-refractivity contribution in [1.82, 2.24) is 4.57 Å². The number of ether oxygens (including phenoxy) is 1. The van der Waals surface area contributed by atoms with Crippen molar-refractivity contribution in [3.05, 3.63) is 83.7 Å². The Balaban J connectivity index is 2.09. The third kappa shape index (κ3) is 3.04. The molecule has 0 radical (unpaired) electrons. The zero-order valence-corrected chi connectivity index (χ0v) is 13.3. The Morgan fingerprint density at radius 3 is 2.22 bits per heavy atom. The van der Waals surface area contributed by atoms with Crippen LogP contribution < -0.4 is 0 Å². The number of methoxy groups -OCH3 is 1. The zero-order chi connectivity index (χ0) is 16.2. The van der Waals surface area contributed by atoms with Crippen LogP contribution in [0.5, 0.6) is 0 Å². The van der Waals surface area contributed by atoms with E-state index in [2.05, 4.69) is 16.7 Å². The van der Waals surface area contributed by atoms with Crippen LogP contribution >= 0.6 is 0 Å². The topological polar surface area (TPSA) is 31.2 Å². The van der Waals surface area contributed by atoms with Gasteiger partial charge in [0, 0.05) is 24.0 Å². The fourth-order valence-corrected chi connectivity index (χ4v) is 2.80. The van der Waals surface area contributed by atoms with Crippen LogP contribution in [0.1, 0.15) is 21.6 Å². The number of aromatic nitrogens is 1. The highest BCUT2D eigenvalue weighted by atomic mass is 16.5. The monoisotopic (exact) mass is 305 g/mol. The largest absolute Gasteiger partial charge is 0.465 e. The van der Waals surface area contributed by atoms with Gasteiger partial charge in [0.05, 0.1) is 12.7 Å². The summed E-state index contributed by atoms with van der Waals surface area (Å²) in [4.78, 5) is 12.3. The third-order valence-corrected chi connectivity index (χ3v) is 4.02. The number of benzene rings is 2. The minimum Gasteiger partial charge on any atom is -0.465 e. The molecule has 0 N–H and O–H groups in total. The van der Waals surface area contributed by atoms with E-state index >= 15 is 0 Å². The summed E-state index contributed by atoms with van der Waals surface area (Å²) in [7, 11) is 1.42. The molecule has 23 heavy (non-hydrogen) atoms. The smallest absolute Gasteiger partial charge is 0.340 e.